The highest BCUT2D eigenvalue weighted by molar-refractivity contribution is 5.40. The molecule has 0 amide bonds. The summed E-state index contributed by atoms with van der Waals surface area (Å²) < 4.78 is 5.80. The molecule has 0 aliphatic carbocycles. The van der Waals surface area contributed by atoms with Gasteiger partial charge in [-0.1, -0.05) is 18.2 Å². The third kappa shape index (κ3) is 3.59. The van der Waals surface area contributed by atoms with E-state index in [4.69, 9.17) is 4.74 Å². The van der Waals surface area contributed by atoms with Crippen molar-refractivity contribution >= 4 is 11.9 Å². The molecule has 1 aromatic heterocycles. The van der Waals surface area contributed by atoms with Crippen LogP contribution in [-0.2, 0) is 0 Å². The van der Waals surface area contributed by atoms with E-state index >= 15 is 0 Å². The van der Waals surface area contributed by atoms with Crippen LogP contribution in [-0.4, -0.2) is 35.1 Å². The molecule has 0 bridgehead atoms. The first-order valence-corrected chi connectivity index (χ1v) is 7.10. The molecule has 0 saturated heterocycles. The molecule has 0 unspecified atom stereocenters. The number of aryl methyl sites for hydroxylation is 1. The van der Waals surface area contributed by atoms with E-state index in [-0.39, 0.29) is 0 Å². The Bertz CT molecular complexity index is 598. The third-order valence-electron chi connectivity index (χ3n) is 3.17. The Balaban J connectivity index is 2.35. The lowest BCUT2D eigenvalue weighted by Crippen LogP contribution is -2.25. The molecule has 1 heterocycles. The zero-order valence-corrected chi connectivity index (χ0v) is 12.9. The lowest BCUT2D eigenvalue weighted by Gasteiger charge is -2.19. The summed E-state index contributed by atoms with van der Waals surface area (Å²) in [7, 11) is 1.78. The fourth-order valence-electron chi connectivity index (χ4n) is 1.92. The second-order valence-corrected chi connectivity index (χ2v) is 4.53. The molecule has 21 heavy (non-hydrogen) atoms. The highest BCUT2D eigenvalue weighted by Gasteiger charge is 2.12. The van der Waals surface area contributed by atoms with Gasteiger partial charge in [-0.05, 0) is 32.4 Å². The Morgan fingerprint density at radius 1 is 1.10 bits per heavy atom. The topological polar surface area (TPSA) is 63.2 Å². The number of hydrogen-bond donors (Lipinski definition) is 1. The van der Waals surface area contributed by atoms with Gasteiger partial charge in [-0.15, -0.1) is 0 Å². The van der Waals surface area contributed by atoms with Crippen molar-refractivity contribution in [1.29, 1.82) is 0 Å². The minimum atomic E-state index is 0.297. The summed E-state index contributed by atoms with van der Waals surface area (Å²) in [5.41, 5.74) is 1.04. The highest BCUT2D eigenvalue weighted by Crippen LogP contribution is 2.23. The van der Waals surface area contributed by atoms with Crippen molar-refractivity contribution in [2.45, 2.75) is 20.8 Å². The average Bonchev–Trinajstić information content (AvgIpc) is 2.50. The molecule has 0 aliphatic heterocycles. The lowest BCUT2D eigenvalue weighted by molar-refractivity contribution is 0.437. The Morgan fingerprint density at radius 2 is 1.81 bits per heavy atom. The van der Waals surface area contributed by atoms with Crippen LogP contribution in [0, 0.1) is 6.92 Å². The van der Waals surface area contributed by atoms with Crippen molar-refractivity contribution in [2.75, 3.05) is 30.4 Å². The second kappa shape index (κ2) is 6.88. The lowest BCUT2D eigenvalue weighted by atomic mass is 10.2. The van der Waals surface area contributed by atoms with Crippen LogP contribution in [0.25, 0.3) is 0 Å². The number of nitrogens with one attached hydrogen (secondary N) is 1. The van der Waals surface area contributed by atoms with E-state index in [1.165, 1.54) is 0 Å². The summed E-state index contributed by atoms with van der Waals surface area (Å²) in [5, 5.41) is 2.94. The molecule has 0 atom stereocenters. The molecular formula is C15H21N5O. The van der Waals surface area contributed by atoms with Crippen LogP contribution >= 0.6 is 0 Å². The number of rotatable bonds is 6. The Hall–Kier alpha value is -2.37. The molecule has 112 valence electrons. The molecule has 6 nitrogen and oxygen atoms in total. The first kappa shape index (κ1) is 15.0. The summed E-state index contributed by atoms with van der Waals surface area (Å²) in [4.78, 5) is 15.1. The van der Waals surface area contributed by atoms with Gasteiger partial charge in [0.05, 0.1) is 0 Å². The van der Waals surface area contributed by atoms with Crippen LogP contribution in [0.5, 0.6) is 11.8 Å². The fourth-order valence-corrected chi connectivity index (χ4v) is 1.92. The summed E-state index contributed by atoms with van der Waals surface area (Å²) in [6.07, 6.45) is 0. The van der Waals surface area contributed by atoms with Gasteiger partial charge in [-0.3, -0.25) is 0 Å². The first-order chi connectivity index (χ1) is 10.2. The molecule has 0 aliphatic rings. The maximum Gasteiger partial charge on any atom is 0.328 e. The van der Waals surface area contributed by atoms with E-state index in [2.05, 4.69) is 34.1 Å². The van der Waals surface area contributed by atoms with Crippen molar-refractivity contribution in [1.82, 2.24) is 15.0 Å². The summed E-state index contributed by atoms with van der Waals surface area (Å²) in [6.45, 7) is 7.77. The molecular weight excluding hydrogens is 266 g/mol. The van der Waals surface area contributed by atoms with Gasteiger partial charge in [0, 0.05) is 20.1 Å². The Labute approximate surface area is 125 Å². The van der Waals surface area contributed by atoms with Crippen LogP contribution in [0.4, 0.5) is 11.9 Å². The van der Waals surface area contributed by atoms with E-state index < -0.39 is 0 Å². The minimum Gasteiger partial charge on any atom is -0.424 e. The predicted octanol–water partition coefficient (Wildman–Crippen LogP) is 2.86. The monoisotopic (exact) mass is 287 g/mol. The zero-order valence-electron chi connectivity index (χ0n) is 12.9. The molecule has 1 aromatic carbocycles. The van der Waals surface area contributed by atoms with E-state index in [0.717, 1.165) is 24.4 Å². The highest BCUT2D eigenvalue weighted by atomic mass is 16.5. The van der Waals surface area contributed by atoms with E-state index in [9.17, 15) is 0 Å². The number of nitrogens with zero attached hydrogens (tertiary/aromatic N) is 4. The van der Waals surface area contributed by atoms with Gasteiger partial charge < -0.3 is 15.0 Å². The van der Waals surface area contributed by atoms with Crippen molar-refractivity contribution in [3.8, 4) is 11.8 Å². The van der Waals surface area contributed by atoms with Crippen molar-refractivity contribution in [3.63, 3.8) is 0 Å². The third-order valence-corrected chi connectivity index (χ3v) is 3.17. The average molecular weight is 287 g/mol. The molecule has 6 heteroatoms. The smallest absolute Gasteiger partial charge is 0.328 e. The minimum absolute atomic E-state index is 0.297. The molecule has 0 saturated carbocycles. The molecule has 0 radical (unpaired) electrons. The van der Waals surface area contributed by atoms with Crippen molar-refractivity contribution < 1.29 is 4.74 Å². The van der Waals surface area contributed by atoms with Crippen LogP contribution < -0.4 is 15.0 Å². The summed E-state index contributed by atoms with van der Waals surface area (Å²) in [5.74, 6) is 1.86. The number of hydrogen-bond acceptors (Lipinski definition) is 6. The predicted molar refractivity (Wildman–Crippen MR) is 84.2 cm³/mol. The van der Waals surface area contributed by atoms with Gasteiger partial charge in [-0.25, -0.2) is 0 Å². The first-order valence-electron chi connectivity index (χ1n) is 7.10. The van der Waals surface area contributed by atoms with Crippen LogP contribution in [0.1, 0.15) is 19.4 Å². The molecule has 1 N–H and O–H groups in total. The molecule has 2 rings (SSSR count). The second-order valence-electron chi connectivity index (χ2n) is 4.53. The number of aromatic nitrogens is 3. The van der Waals surface area contributed by atoms with Gasteiger partial charge in [-0.2, -0.15) is 15.0 Å². The molecule has 2 aromatic rings. The van der Waals surface area contributed by atoms with Crippen LogP contribution in [0.15, 0.2) is 24.3 Å². The Morgan fingerprint density at radius 3 is 2.43 bits per heavy atom. The van der Waals surface area contributed by atoms with Crippen molar-refractivity contribution in [3.05, 3.63) is 29.8 Å². The summed E-state index contributed by atoms with van der Waals surface area (Å²) in [6, 6.07) is 8.07. The molecule has 0 spiro atoms. The number of para-hydroxylation sites is 1. The van der Waals surface area contributed by atoms with E-state index in [0.29, 0.717) is 17.9 Å². The summed E-state index contributed by atoms with van der Waals surface area (Å²) >= 11 is 0. The van der Waals surface area contributed by atoms with Gasteiger partial charge in [0.25, 0.3) is 0 Å². The normalized spacial score (nSPS) is 10.3. The largest absolute Gasteiger partial charge is 0.424 e. The number of anilines is 2. The standard InChI is InChI=1S/C15H21N5O/c1-5-20(6-2)14-17-13(16-4)18-15(19-14)21-12-10-8-7-9-11(12)3/h7-10H,5-6H2,1-4H3,(H,16,17,18,19). The van der Waals surface area contributed by atoms with Gasteiger partial charge >= 0.3 is 6.01 Å². The fraction of sp³-hybridized carbons (Fsp3) is 0.400. The van der Waals surface area contributed by atoms with E-state index in [1.807, 2.05) is 36.1 Å². The SMILES string of the molecule is CCN(CC)c1nc(NC)nc(Oc2ccccc2C)n1. The Kier molecular flexibility index (Phi) is 4.92. The maximum atomic E-state index is 5.80. The van der Waals surface area contributed by atoms with Crippen LogP contribution in [0.3, 0.4) is 0 Å². The van der Waals surface area contributed by atoms with E-state index in [1.54, 1.807) is 7.05 Å². The van der Waals surface area contributed by atoms with Crippen LogP contribution in [0.2, 0.25) is 0 Å². The van der Waals surface area contributed by atoms with Gasteiger partial charge in [0.15, 0.2) is 0 Å². The quantitative estimate of drug-likeness (QED) is 0.881. The van der Waals surface area contributed by atoms with Gasteiger partial charge in [0.2, 0.25) is 11.9 Å². The van der Waals surface area contributed by atoms with Crippen molar-refractivity contribution in [2.24, 2.45) is 0 Å². The van der Waals surface area contributed by atoms with Gasteiger partial charge in [0.1, 0.15) is 5.75 Å². The number of benzene rings is 1. The molecule has 0 fully saturated rings. The zero-order chi connectivity index (χ0) is 15.2. The maximum absolute atomic E-state index is 5.80. The number of ether oxygens (including phenoxy) is 1.